The summed E-state index contributed by atoms with van der Waals surface area (Å²) >= 11 is 0. The molecule has 5 aliphatic rings. The van der Waals surface area contributed by atoms with Gasteiger partial charge in [0.1, 0.15) is 28.4 Å². The number of anilines is 1. The van der Waals surface area contributed by atoms with Crippen molar-refractivity contribution in [1.29, 1.82) is 15.8 Å². The van der Waals surface area contributed by atoms with Crippen LogP contribution in [-0.4, -0.2) is 148 Å². The van der Waals surface area contributed by atoms with E-state index in [0.29, 0.717) is 50.6 Å². The number of hydrogen-bond acceptors (Lipinski definition) is 18. The third-order valence-corrected chi connectivity index (χ3v) is 24.3. The zero-order valence-corrected chi connectivity index (χ0v) is 68.3. The first-order valence-corrected chi connectivity index (χ1v) is 42.0. The summed E-state index contributed by atoms with van der Waals surface area (Å²) in [5.74, 6) is 1.23. The molecule has 596 valence electrons. The molecule has 0 N–H and O–H groups in total. The van der Waals surface area contributed by atoms with Crippen LogP contribution in [0.15, 0.2) is 183 Å². The van der Waals surface area contributed by atoms with Crippen LogP contribution in [0.3, 0.4) is 0 Å². The first-order valence-electron chi connectivity index (χ1n) is 42.0. The molecule has 12 aromatic heterocycles. The Morgan fingerprint density at radius 1 is 0.391 bits per heavy atom. The maximum absolute atomic E-state index is 9.17. The highest BCUT2D eigenvalue weighted by molar-refractivity contribution is 5.56. The molecule has 0 aliphatic carbocycles. The summed E-state index contributed by atoms with van der Waals surface area (Å²) in [6.07, 6.45) is 38.3. The van der Waals surface area contributed by atoms with E-state index in [1.54, 1.807) is 0 Å². The molecular weight excluding hydrogens is 1430 g/mol. The van der Waals surface area contributed by atoms with E-state index >= 15 is 0 Å². The molecule has 5 aliphatic heterocycles. The smallest absolute Gasteiger partial charge is 0.138 e. The monoisotopic (exact) mass is 1540 g/mol. The molecule has 5 saturated heterocycles. The van der Waals surface area contributed by atoms with Gasteiger partial charge in [-0.25, -0.2) is 19.9 Å². The lowest BCUT2D eigenvalue weighted by Crippen LogP contribution is -2.45. The van der Waals surface area contributed by atoms with Crippen LogP contribution in [0.25, 0.3) is 22.6 Å². The van der Waals surface area contributed by atoms with Crippen molar-refractivity contribution in [2.24, 2.45) is 0 Å². The molecule has 5 fully saturated rings. The van der Waals surface area contributed by atoms with E-state index in [-0.39, 0.29) is 30.2 Å². The fourth-order valence-corrected chi connectivity index (χ4v) is 18.5. The summed E-state index contributed by atoms with van der Waals surface area (Å²) in [4.78, 5) is 53.8. The van der Waals surface area contributed by atoms with E-state index in [1.807, 2.05) is 104 Å². The molecule has 17 heterocycles. The van der Waals surface area contributed by atoms with E-state index in [2.05, 4.69) is 198 Å². The fraction of sp³-hybridized carbons (Fsp3) is 0.452. The molecule has 0 spiro atoms. The highest BCUT2D eigenvalue weighted by atomic mass is 16.5. The number of rotatable bonds is 21. The predicted octanol–water partition coefficient (Wildman–Crippen LogP) is 18.1. The average molecular weight is 1540 g/mol. The van der Waals surface area contributed by atoms with Gasteiger partial charge in [-0.3, -0.25) is 43.9 Å². The van der Waals surface area contributed by atoms with Crippen molar-refractivity contribution in [3.8, 4) is 18.2 Å². The van der Waals surface area contributed by atoms with Gasteiger partial charge in [0.25, 0.3) is 0 Å². The number of imidazole rings is 4. The Bertz CT molecular complexity index is 5180. The van der Waals surface area contributed by atoms with Crippen LogP contribution in [0.5, 0.6) is 0 Å². The molecule has 12 aromatic rings. The molecule has 0 saturated carbocycles. The van der Waals surface area contributed by atoms with Gasteiger partial charge in [0.05, 0.1) is 124 Å². The Kier molecular flexibility index (Phi) is 27.6. The van der Waals surface area contributed by atoms with Gasteiger partial charge in [-0.15, -0.1) is 0 Å². The lowest BCUT2D eigenvalue weighted by molar-refractivity contribution is 0.0750. The number of pyridine rings is 8. The van der Waals surface area contributed by atoms with Gasteiger partial charge in [0, 0.05) is 127 Å². The Balaban J connectivity index is 0.000000127. The van der Waals surface area contributed by atoms with Crippen LogP contribution in [0.2, 0.25) is 0 Å². The maximum atomic E-state index is 9.17. The molecule has 22 heteroatoms. The number of likely N-dealkylation sites (N-methyl/N-ethyl adjacent to an activating group) is 1. The number of likely N-dealkylation sites (tertiary alicyclic amines) is 4. The summed E-state index contributed by atoms with van der Waals surface area (Å²) in [6, 6.07) is 50.5. The molecule has 17 rings (SSSR count). The number of piperazine rings is 1. The van der Waals surface area contributed by atoms with Gasteiger partial charge >= 0.3 is 0 Å². The number of fused-ring (bicyclic) bond motifs is 4. The third kappa shape index (κ3) is 18.9. The highest BCUT2D eigenvalue weighted by Gasteiger charge is 2.40. The number of nitriles is 3. The molecule has 8 atom stereocenters. The first kappa shape index (κ1) is 81.0. The number of hydrogen-bond donors (Lipinski definition) is 0. The lowest BCUT2D eigenvalue weighted by atomic mass is 9.90. The predicted molar refractivity (Wildman–Crippen MR) is 451 cm³/mol. The van der Waals surface area contributed by atoms with Crippen LogP contribution < -0.4 is 4.90 Å². The lowest BCUT2D eigenvalue weighted by Gasteiger charge is -2.41. The number of piperidine rings is 4. The molecule has 0 radical (unpaired) electrons. The van der Waals surface area contributed by atoms with Gasteiger partial charge in [0.2, 0.25) is 0 Å². The molecule has 0 amide bonds. The van der Waals surface area contributed by atoms with Crippen molar-refractivity contribution in [1.82, 2.24) is 82.0 Å². The zero-order chi connectivity index (χ0) is 79.6. The second kappa shape index (κ2) is 39.2. The van der Waals surface area contributed by atoms with Gasteiger partial charge in [-0.2, -0.15) is 15.8 Å². The summed E-state index contributed by atoms with van der Waals surface area (Å²) in [5.41, 5.74) is 19.4. The molecular formula is C93H113N21O. The Labute approximate surface area is 678 Å². The van der Waals surface area contributed by atoms with Gasteiger partial charge < -0.3 is 27.7 Å². The summed E-state index contributed by atoms with van der Waals surface area (Å²) in [6.45, 7) is 18.8. The minimum Gasteiger partial charge on any atom is -0.375 e. The van der Waals surface area contributed by atoms with Crippen molar-refractivity contribution in [3.63, 3.8) is 0 Å². The van der Waals surface area contributed by atoms with Crippen LogP contribution in [-0.2, 0) is 11.3 Å². The minimum atomic E-state index is 0.225. The topological polar surface area (TPSA) is 221 Å². The number of aryl methyl sites for hydroxylation is 4. The van der Waals surface area contributed by atoms with Crippen molar-refractivity contribution in [2.45, 2.75) is 205 Å². The van der Waals surface area contributed by atoms with E-state index in [4.69, 9.17) is 55.4 Å². The Hall–Kier alpha value is -10.6. The van der Waals surface area contributed by atoms with Crippen LogP contribution in [0.1, 0.15) is 244 Å². The summed E-state index contributed by atoms with van der Waals surface area (Å²) < 4.78 is 14.7. The molecule has 22 nitrogen and oxygen atoms in total. The van der Waals surface area contributed by atoms with Crippen molar-refractivity contribution in [2.75, 3.05) is 71.4 Å². The van der Waals surface area contributed by atoms with Crippen molar-refractivity contribution < 1.29 is 4.74 Å². The van der Waals surface area contributed by atoms with E-state index in [0.717, 1.165) is 180 Å². The number of unbranched alkanes of at least 4 members (excludes halogenated alkanes) is 3. The minimum absolute atomic E-state index is 0.225. The van der Waals surface area contributed by atoms with Crippen LogP contribution >= 0.6 is 0 Å². The second-order valence-corrected chi connectivity index (χ2v) is 31.7. The Morgan fingerprint density at radius 2 is 0.783 bits per heavy atom. The normalized spacial score (nSPS) is 21.2. The molecule has 0 unspecified atom stereocenters. The van der Waals surface area contributed by atoms with E-state index in [1.165, 1.54) is 63.7 Å². The molecule has 0 aromatic carbocycles. The average Bonchev–Trinajstić information content (AvgIpc) is 1.54. The van der Waals surface area contributed by atoms with E-state index < -0.39 is 0 Å². The fourth-order valence-electron chi connectivity index (χ4n) is 18.5. The van der Waals surface area contributed by atoms with Crippen molar-refractivity contribution >= 4 is 28.4 Å². The van der Waals surface area contributed by atoms with Crippen LogP contribution in [0, 0.1) is 61.7 Å². The SMILES string of the molecule is CCOCc1c([C@H]2CCC[C@@H](c3ncccc3C)N2C)nc2cccc(N3CCN(C)CC3)n12.Cc1cccnc1[C@@H]1CCC[C@H](c2cn3ccccc3n2)N1CCC#N.Cc1cccnc1[C@@H]1CCC[C@H](c2cn3ccccc3n2)N1CCCC#N.Cc1cccnc1[C@@H]1CCC[C@H](c2cn3ccccc3n2)N1CCCCC#N. The highest BCUT2D eigenvalue weighted by Crippen LogP contribution is 2.47. The number of nitrogens with zero attached hydrogens (tertiary/aromatic N) is 21. The second-order valence-electron chi connectivity index (χ2n) is 31.7. The van der Waals surface area contributed by atoms with Gasteiger partial charge in [0.15, 0.2) is 0 Å². The Morgan fingerprint density at radius 3 is 1.21 bits per heavy atom. The standard InChI is InChI=1S/C27H38N6O.C23H27N5.C22H25N5.C21H23N5/c1-5-34-19-23-27(22-11-6-10-21(31(22)4)26-20(2)9-8-14-28-26)29-24-12-7-13-25(33(23)24)32-17-15-30(3)16-18-32;1-18-9-8-14-25-23(18)21-11-7-10-20(28(21)16-5-2-4-13-24)19-17-27-15-6-3-12-22(27)26-19;1-17-8-7-13-24-22(17)20-10-6-9-19(27(20)15-5-3-12-23)18-16-26-14-4-2-11-21(26)25-18;1-16-7-5-12-23-21(16)19-9-4-8-18(26(19)14-6-11-22)17-15-25-13-3-2-10-20(25)24-17/h7-9,12-14,21-22H,5-6,10-11,15-19H2,1-4H3;3,6,8-9,12,14-15,17,20-21H,2,4-5,7,10-11,16H2,1H3;2,4,7-8,11,13-14,16,19-20H,3,5-6,9-10,15H2,1H3;2-3,5,7,10,12-13,15,18-19H,4,6,8-9,14H2,1H3/t21-,22+;20-,21+;19-,20+;18-,19+/m0111/s1. The molecule has 0 bridgehead atoms. The van der Waals surface area contributed by atoms with Gasteiger partial charge in [-0.1, -0.05) is 48.5 Å². The largest absolute Gasteiger partial charge is 0.375 e. The zero-order valence-electron chi connectivity index (χ0n) is 68.3. The van der Waals surface area contributed by atoms with Crippen molar-refractivity contribution in [3.05, 3.63) is 257 Å². The first-order chi connectivity index (χ1) is 56.4. The quantitative estimate of drug-likeness (QED) is 0.0610. The van der Waals surface area contributed by atoms with Crippen LogP contribution in [0.4, 0.5) is 5.82 Å². The number of aromatic nitrogens is 12. The summed E-state index contributed by atoms with van der Waals surface area (Å²) in [5, 5.41) is 27.1. The number of ether oxygens (including phenoxy) is 1. The molecule has 115 heavy (non-hydrogen) atoms. The van der Waals surface area contributed by atoms with E-state index in [9.17, 15) is 0 Å². The maximum Gasteiger partial charge on any atom is 0.138 e. The van der Waals surface area contributed by atoms with Gasteiger partial charge in [-0.05, 0) is 247 Å². The third-order valence-electron chi connectivity index (χ3n) is 24.3. The summed E-state index contributed by atoms with van der Waals surface area (Å²) in [7, 11) is 4.45.